The zero-order chi connectivity index (χ0) is 61.2. The standard InChI is InChI=1S/C60H76N10O15/c1-37-25-42(67(3)33-37)31-63-45-29-50(48(81-4)27-40(45)35-71)83-23-10-7-11-24-84-51-30-46-43(28-49(51)82-5)57(77)69-34-38(2)26-47(69)58(78)70(46)60(80)85-36-39-15-17-41(18-16-39)65-56(76)44(13-12-21-62-59(61)79)66-53(73)32-64-52(72)14-8-6-9-22-68-54(74)19-20-55(68)75/h15-20,27-30,35,42,44,47,58,63,78H,1-2,6-14,21-26,31-34,36H2,3-5H3,(H,64,72)(H,65,76)(H,66,73)(H3,61,62,79). The molecule has 4 aliphatic heterocycles. The van der Waals surface area contributed by atoms with Crippen molar-refractivity contribution < 1.29 is 71.9 Å². The number of nitrogens with one attached hydrogen (secondary N) is 5. The summed E-state index contributed by atoms with van der Waals surface area (Å²) in [5.74, 6) is -1.47. The number of urea groups is 1. The number of amides is 9. The molecule has 3 aromatic carbocycles. The lowest BCUT2D eigenvalue weighted by molar-refractivity contribution is -0.137. The molecule has 85 heavy (non-hydrogen) atoms. The first-order chi connectivity index (χ1) is 40.9. The molecular weight excluding hydrogens is 1100 g/mol. The summed E-state index contributed by atoms with van der Waals surface area (Å²) >= 11 is 0. The van der Waals surface area contributed by atoms with Crippen LogP contribution in [0.5, 0.6) is 23.0 Å². The van der Waals surface area contributed by atoms with Gasteiger partial charge in [-0.1, -0.05) is 42.9 Å². The SMILES string of the molecule is C=C1CC(CNc2cc(OCCCCCOc3cc4c(cc3OC)C(=O)N3CC(=C)CC3C(O)N4C(=O)OCc3ccc(NC(=O)C(CCCNC(N)=O)NC(=O)CNC(=O)CCCCCN4C(=O)C=CC4=O)cc3)c(OC)cc2C=O)N(C)C1. The maximum atomic E-state index is 14.2. The first kappa shape index (κ1) is 63.6. The average molecular weight is 1180 g/mol. The highest BCUT2D eigenvalue weighted by atomic mass is 16.6. The fraction of sp³-hybridized carbons (Fsp3) is 0.450. The quantitative estimate of drug-likeness (QED) is 0.0201. The van der Waals surface area contributed by atoms with E-state index in [0.29, 0.717) is 91.3 Å². The van der Waals surface area contributed by atoms with Gasteiger partial charge in [0.25, 0.3) is 17.7 Å². The summed E-state index contributed by atoms with van der Waals surface area (Å²) in [5.41, 5.74) is 9.07. The molecule has 0 aromatic heterocycles. The van der Waals surface area contributed by atoms with Gasteiger partial charge in [0.2, 0.25) is 17.7 Å². The number of rotatable bonds is 31. The predicted molar refractivity (Wildman–Crippen MR) is 313 cm³/mol. The molecule has 0 radical (unpaired) electrons. The Kier molecular flexibility index (Phi) is 22.9. The van der Waals surface area contributed by atoms with Crippen LogP contribution in [0.2, 0.25) is 0 Å². The number of hydrogen-bond acceptors (Lipinski definition) is 17. The summed E-state index contributed by atoms with van der Waals surface area (Å²) in [6, 6.07) is 10.2. The molecule has 3 aromatic rings. The number of nitrogens with zero attached hydrogens (tertiary/aromatic N) is 4. The largest absolute Gasteiger partial charge is 0.493 e. The number of aldehydes is 1. The Labute approximate surface area is 493 Å². The van der Waals surface area contributed by atoms with Crippen molar-refractivity contribution in [1.29, 1.82) is 0 Å². The van der Waals surface area contributed by atoms with Crippen molar-refractivity contribution in [1.82, 2.24) is 30.7 Å². The van der Waals surface area contributed by atoms with Gasteiger partial charge in [0, 0.05) is 86.4 Å². The van der Waals surface area contributed by atoms with Crippen molar-refractivity contribution in [2.24, 2.45) is 5.73 Å². The number of methoxy groups -OCH3 is 2. The van der Waals surface area contributed by atoms with Gasteiger partial charge >= 0.3 is 12.1 Å². The molecular formula is C60H76N10O15. The highest BCUT2D eigenvalue weighted by Crippen LogP contribution is 2.42. The maximum Gasteiger partial charge on any atom is 0.416 e. The molecule has 4 aliphatic rings. The van der Waals surface area contributed by atoms with E-state index >= 15 is 0 Å². The molecule has 8 N–H and O–H groups in total. The van der Waals surface area contributed by atoms with Gasteiger partial charge < -0.3 is 66.0 Å². The van der Waals surface area contributed by atoms with Gasteiger partial charge in [-0.2, -0.15) is 0 Å². The second-order valence-corrected chi connectivity index (χ2v) is 21.2. The summed E-state index contributed by atoms with van der Waals surface area (Å²) in [7, 11) is 4.99. The Morgan fingerprint density at radius 3 is 2.13 bits per heavy atom. The molecule has 2 fully saturated rings. The second kappa shape index (κ2) is 30.5. The molecule has 4 atom stereocenters. The third-order valence-electron chi connectivity index (χ3n) is 14.9. The number of anilines is 3. The summed E-state index contributed by atoms with van der Waals surface area (Å²) in [6.45, 7) is 9.99. The van der Waals surface area contributed by atoms with Crippen molar-refractivity contribution in [3.63, 3.8) is 0 Å². The number of imide groups is 1. The van der Waals surface area contributed by atoms with Crippen LogP contribution in [0, 0.1) is 0 Å². The summed E-state index contributed by atoms with van der Waals surface area (Å²) in [5, 5.41) is 25.7. The normalized spacial score (nSPS) is 17.6. The number of aliphatic hydroxyl groups excluding tert-OH is 1. The van der Waals surface area contributed by atoms with E-state index in [9.17, 15) is 48.3 Å². The number of carbonyl (C=O) groups excluding carboxylic acids is 9. The molecule has 7 rings (SSSR count). The first-order valence-corrected chi connectivity index (χ1v) is 28.3. The van der Waals surface area contributed by atoms with Gasteiger partial charge in [0.1, 0.15) is 12.6 Å². The molecule has 4 unspecified atom stereocenters. The number of hydrogen-bond donors (Lipinski definition) is 7. The Morgan fingerprint density at radius 1 is 0.800 bits per heavy atom. The highest BCUT2D eigenvalue weighted by Gasteiger charge is 2.46. The van der Waals surface area contributed by atoms with Crippen LogP contribution in [0.4, 0.5) is 26.7 Å². The van der Waals surface area contributed by atoms with Gasteiger partial charge in [-0.15, -0.1) is 0 Å². The number of aliphatic hydroxyl groups is 1. The summed E-state index contributed by atoms with van der Waals surface area (Å²) in [4.78, 5) is 120. The molecule has 0 spiro atoms. The van der Waals surface area contributed by atoms with Crippen LogP contribution in [0.1, 0.15) is 96.9 Å². The molecule has 25 nitrogen and oxygen atoms in total. The third-order valence-corrected chi connectivity index (χ3v) is 14.9. The van der Waals surface area contributed by atoms with Gasteiger partial charge in [0.15, 0.2) is 35.5 Å². The van der Waals surface area contributed by atoms with Crippen LogP contribution in [-0.2, 0) is 35.3 Å². The molecule has 0 saturated carbocycles. The van der Waals surface area contributed by atoms with E-state index in [2.05, 4.69) is 44.6 Å². The van der Waals surface area contributed by atoms with Gasteiger partial charge in [-0.25, -0.2) is 14.5 Å². The zero-order valence-corrected chi connectivity index (χ0v) is 48.2. The number of primary amides is 1. The number of carbonyl (C=O) groups is 9. The van der Waals surface area contributed by atoms with Gasteiger partial charge in [-0.05, 0) is 94.7 Å². The van der Waals surface area contributed by atoms with E-state index in [0.717, 1.165) is 34.6 Å². The van der Waals surface area contributed by atoms with Crippen LogP contribution in [0.3, 0.4) is 0 Å². The maximum absolute atomic E-state index is 14.2. The Morgan fingerprint density at radius 2 is 1.47 bits per heavy atom. The lowest BCUT2D eigenvalue weighted by atomic mass is 10.1. The van der Waals surface area contributed by atoms with E-state index in [1.54, 1.807) is 36.4 Å². The lowest BCUT2D eigenvalue weighted by Gasteiger charge is -2.31. The summed E-state index contributed by atoms with van der Waals surface area (Å²) in [6.07, 6.45) is 5.67. The minimum atomic E-state index is -1.55. The summed E-state index contributed by atoms with van der Waals surface area (Å²) < 4.78 is 29.4. The molecule has 4 heterocycles. The fourth-order valence-corrected chi connectivity index (χ4v) is 10.3. The monoisotopic (exact) mass is 1180 g/mol. The number of likely N-dealkylation sites (tertiary alicyclic amines) is 1. The Hall–Kier alpha value is -8.97. The number of unbranched alkanes of at least 4 members (excludes halogenated alkanes) is 4. The Bertz CT molecular complexity index is 3010. The van der Waals surface area contributed by atoms with Crippen LogP contribution >= 0.6 is 0 Å². The topological polar surface area (TPSA) is 319 Å². The van der Waals surface area contributed by atoms with E-state index in [1.807, 2.05) is 7.05 Å². The van der Waals surface area contributed by atoms with E-state index in [1.165, 1.54) is 43.4 Å². The number of benzene rings is 3. The molecule has 9 amide bonds. The van der Waals surface area contributed by atoms with Gasteiger partial charge in [-0.3, -0.25) is 43.4 Å². The van der Waals surface area contributed by atoms with Gasteiger partial charge in [0.05, 0.1) is 51.3 Å². The molecule has 25 heteroatoms. The number of fused-ring (bicyclic) bond motifs is 2. The number of nitrogens with two attached hydrogens (primary N) is 1. The smallest absolute Gasteiger partial charge is 0.416 e. The molecule has 0 aliphatic carbocycles. The minimum absolute atomic E-state index is 0.0427. The van der Waals surface area contributed by atoms with Crippen LogP contribution in [-0.4, -0.2) is 172 Å². The predicted octanol–water partition coefficient (Wildman–Crippen LogP) is 4.54. The van der Waals surface area contributed by atoms with Crippen molar-refractivity contribution in [2.45, 2.75) is 102 Å². The fourth-order valence-electron chi connectivity index (χ4n) is 10.3. The van der Waals surface area contributed by atoms with Crippen molar-refractivity contribution in [2.75, 3.05) is 89.3 Å². The van der Waals surface area contributed by atoms with E-state index in [-0.39, 0.29) is 99.1 Å². The lowest BCUT2D eigenvalue weighted by Crippen LogP contribution is -2.50. The number of likely N-dealkylation sites (N-methyl/N-ethyl adjacent to an activating group) is 1. The van der Waals surface area contributed by atoms with Crippen molar-refractivity contribution in [3.8, 4) is 23.0 Å². The number of ether oxygens (including phenoxy) is 5. The van der Waals surface area contributed by atoms with Crippen LogP contribution < -0.4 is 56.2 Å². The van der Waals surface area contributed by atoms with E-state index in [4.69, 9.17) is 29.4 Å². The van der Waals surface area contributed by atoms with E-state index < -0.39 is 60.6 Å². The minimum Gasteiger partial charge on any atom is -0.493 e. The van der Waals surface area contributed by atoms with Crippen molar-refractivity contribution >= 4 is 70.9 Å². The molecule has 456 valence electrons. The van der Waals surface area contributed by atoms with Crippen molar-refractivity contribution in [3.05, 3.63) is 102 Å². The average Bonchev–Trinajstić information content (AvgIpc) is 1.88. The molecule has 0 bridgehead atoms. The van der Waals surface area contributed by atoms with Crippen LogP contribution in [0.25, 0.3) is 0 Å². The third kappa shape index (κ3) is 17.3. The Balaban J connectivity index is 0.925. The van der Waals surface area contributed by atoms with Crippen LogP contribution in [0.15, 0.2) is 85.0 Å². The first-order valence-electron chi connectivity index (χ1n) is 28.3. The zero-order valence-electron chi connectivity index (χ0n) is 48.2. The second-order valence-electron chi connectivity index (χ2n) is 21.2. The molecule has 2 saturated heterocycles. The highest BCUT2D eigenvalue weighted by molar-refractivity contribution is 6.13.